The Kier molecular flexibility index (Phi) is 3.63. The predicted octanol–water partition coefficient (Wildman–Crippen LogP) is 3.95. The predicted molar refractivity (Wildman–Crippen MR) is 80.0 cm³/mol. The molecule has 3 atom stereocenters. The van der Waals surface area contributed by atoms with E-state index in [1.54, 1.807) is 12.1 Å². The van der Waals surface area contributed by atoms with E-state index in [1.807, 2.05) is 0 Å². The van der Waals surface area contributed by atoms with Crippen LogP contribution in [-0.2, 0) is 0 Å². The molecule has 3 rings (SSSR count). The van der Waals surface area contributed by atoms with Crippen molar-refractivity contribution in [3.8, 4) is 0 Å². The maximum atomic E-state index is 13.1. The highest BCUT2D eigenvalue weighted by molar-refractivity contribution is 7.80. The maximum absolute atomic E-state index is 13.1. The number of halogens is 2. The minimum absolute atomic E-state index is 0.104. The molecule has 1 aromatic carbocycles. The van der Waals surface area contributed by atoms with Crippen LogP contribution in [0.15, 0.2) is 18.2 Å². The fourth-order valence-electron chi connectivity index (χ4n) is 3.33. The lowest BCUT2D eigenvalue weighted by Gasteiger charge is -2.24. The highest BCUT2D eigenvalue weighted by atomic mass is 35.5. The van der Waals surface area contributed by atoms with Crippen LogP contribution in [0, 0.1) is 17.7 Å². The molecule has 0 radical (unpaired) electrons. The molecule has 0 saturated heterocycles. The molecular weight excluding hydrogens is 283 g/mol. The second-order valence-corrected chi connectivity index (χ2v) is 6.32. The molecule has 0 amide bonds. The molecule has 0 spiro atoms. The first-order valence-electron chi connectivity index (χ1n) is 6.64. The summed E-state index contributed by atoms with van der Waals surface area (Å²) in [5.41, 5.74) is 0.715. The van der Waals surface area contributed by atoms with Gasteiger partial charge in [0.1, 0.15) is 5.82 Å². The van der Waals surface area contributed by atoms with Gasteiger partial charge in [0.05, 0.1) is 5.02 Å². The lowest BCUT2D eigenvalue weighted by atomic mass is 9.96. The Morgan fingerprint density at radius 1 is 1.32 bits per heavy atom. The van der Waals surface area contributed by atoms with Gasteiger partial charge in [-0.2, -0.15) is 0 Å². The van der Waals surface area contributed by atoms with E-state index in [-0.39, 0.29) is 5.02 Å². The first-order valence-corrected chi connectivity index (χ1v) is 7.43. The van der Waals surface area contributed by atoms with Gasteiger partial charge in [-0.25, -0.2) is 4.39 Å². The number of anilines is 1. The number of rotatable bonds is 2. The third-order valence-corrected chi connectivity index (χ3v) is 4.74. The van der Waals surface area contributed by atoms with Gasteiger partial charge in [-0.1, -0.05) is 18.0 Å². The number of nitrogens with one attached hydrogen (secondary N) is 2. The van der Waals surface area contributed by atoms with Gasteiger partial charge in [0, 0.05) is 11.7 Å². The summed E-state index contributed by atoms with van der Waals surface area (Å²) in [6, 6.07) is 5.02. The van der Waals surface area contributed by atoms with Crippen molar-refractivity contribution in [1.82, 2.24) is 5.32 Å². The standard InChI is InChI=1S/C14H16ClFN2S/c15-11-7-10(3-4-12(11)16)17-14(19)18-13-6-8-1-2-9(13)5-8/h3-4,7-9,13H,1-2,5-6H2,(H2,17,18,19)/t8-,9-,13-/m1/s1. The Morgan fingerprint density at radius 2 is 2.16 bits per heavy atom. The Labute approximate surface area is 122 Å². The Bertz CT molecular complexity index is 508. The monoisotopic (exact) mass is 298 g/mol. The van der Waals surface area contributed by atoms with Gasteiger partial charge in [-0.3, -0.25) is 0 Å². The van der Waals surface area contributed by atoms with Crippen LogP contribution in [-0.4, -0.2) is 11.2 Å². The zero-order chi connectivity index (χ0) is 13.4. The van der Waals surface area contributed by atoms with Crippen LogP contribution in [0.25, 0.3) is 0 Å². The summed E-state index contributed by atoms with van der Waals surface area (Å²) in [6.45, 7) is 0. The molecule has 5 heteroatoms. The lowest BCUT2D eigenvalue weighted by Crippen LogP contribution is -2.40. The lowest BCUT2D eigenvalue weighted by molar-refractivity contribution is 0.392. The van der Waals surface area contributed by atoms with Crippen LogP contribution < -0.4 is 10.6 Å². The molecule has 2 bridgehead atoms. The van der Waals surface area contributed by atoms with Crippen molar-refractivity contribution in [2.75, 3.05) is 5.32 Å². The van der Waals surface area contributed by atoms with E-state index >= 15 is 0 Å². The first-order chi connectivity index (χ1) is 9.11. The molecule has 0 unspecified atom stereocenters. The number of thiocarbonyl (C=S) groups is 1. The molecule has 2 fully saturated rings. The molecule has 1 aromatic rings. The normalized spacial score (nSPS) is 28.4. The molecule has 0 aliphatic heterocycles. The summed E-state index contributed by atoms with van der Waals surface area (Å²) in [6.07, 6.45) is 5.24. The largest absolute Gasteiger partial charge is 0.359 e. The fourth-order valence-corrected chi connectivity index (χ4v) is 3.78. The van der Waals surface area contributed by atoms with Crippen molar-refractivity contribution >= 4 is 34.6 Å². The van der Waals surface area contributed by atoms with Gasteiger partial charge < -0.3 is 10.6 Å². The Balaban J connectivity index is 1.57. The van der Waals surface area contributed by atoms with Crippen molar-refractivity contribution in [3.05, 3.63) is 29.0 Å². The zero-order valence-corrected chi connectivity index (χ0v) is 12.0. The molecule has 0 aromatic heterocycles. The molecule has 2 aliphatic rings. The van der Waals surface area contributed by atoms with Crippen molar-refractivity contribution in [2.45, 2.75) is 31.7 Å². The summed E-state index contributed by atoms with van der Waals surface area (Å²) >= 11 is 11.0. The number of hydrogen-bond acceptors (Lipinski definition) is 1. The summed E-state index contributed by atoms with van der Waals surface area (Å²) in [5.74, 6) is 1.23. The van der Waals surface area contributed by atoms with E-state index in [1.165, 1.54) is 31.7 Å². The van der Waals surface area contributed by atoms with Crippen molar-refractivity contribution < 1.29 is 4.39 Å². The summed E-state index contributed by atoms with van der Waals surface area (Å²) in [7, 11) is 0. The van der Waals surface area contributed by atoms with Crippen LogP contribution >= 0.6 is 23.8 Å². The molecule has 102 valence electrons. The fraction of sp³-hybridized carbons (Fsp3) is 0.500. The number of hydrogen-bond donors (Lipinski definition) is 2. The average molecular weight is 299 g/mol. The van der Waals surface area contributed by atoms with Crippen LogP contribution in [0.3, 0.4) is 0 Å². The SMILES string of the molecule is Fc1ccc(NC(=S)N[C@@H]2C[C@@H]3CC[C@@H]2C3)cc1Cl. The molecular formula is C14H16ClFN2S. The van der Waals surface area contributed by atoms with Crippen LogP contribution in [0.2, 0.25) is 5.02 Å². The number of fused-ring (bicyclic) bond motifs is 2. The average Bonchev–Trinajstić information content (AvgIpc) is 2.96. The second-order valence-electron chi connectivity index (χ2n) is 5.51. The van der Waals surface area contributed by atoms with Gasteiger partial charge in [0.15, 0.2) is 5.11 Å². The smallest absolute Gasteiger partial charge is 0.171 e. The molecule has 2 nitrogen and oxygen atoms in total. The van der Waals surface area contributed by atoms with Crippen LogP contribution in [0.5, 0.6) is 0 Å². The summed E-state index contributed by atoms with van der Waals surface area (Å²) in [5, 5.41) is 7.14. The second kappa shape index (κ2) is 5.25. The minimum Gasteiger partial charge on any atom is -0.359 e. The quantitative estimate of drug-likeness (QED) is 0.808. The topological polar surface area (TPSA) is 24.1 Å². The van der Waals surface area contributed by atoms with E-state index in [9.17, 15) is 4.39 Å². The van der Waals surface area contributed by atoms with Gasteiger partial charge >= 0.3 is 0 Å². The van der Waals surface area contributed by atoms with Crippen molar-refractivity contribution in [1.29, 1.82) is 0 Å². The van der Waals surface area contributed by atoms with Crippen molar-refractivity contribution in [3.63, 3.8) is 0 Å². The van der Waals surface area contributed by atoms with Gasteiger partial charge in [0.25, 0.3) is 0 Å². The summed E-state index contributed by atoms with van der Waals surface area (Å²) in [4.78, 5) is 0. The number of benzene rings is 1. The Hall–Kier alpha value is -0.870. The van der Waals surface area contributed by atoms with E-state index in [0.29, 0.717) is 16.8 Å². The molecule has 0 heterocycles. The highest BCUT2D eigenvalue weighted by Crippen LogP contribution is 2.44. The molecule has 2 N–H and O–H groups in total. The van der Waals surface area contributed by atoms with E-state index in [0.717, 1.165) is 11.8 Å². The van der Waals surface area contributed by atoms with E-state index in [2.05, 4.69) is 10.6 Å². The van der Waals surface area contributed by atoms with Gasteiger partial charge in [0.2, 0.25) is 0 Å². The first kappa shape index (κ1) is 13.1. The summed E-state index contributed by atoms with van der Waals surface area (Å²) < 4.78 is 13.1. The minimum atomic E-state index is -0.417. The highest BCUT2D eigenvalue weighted by Gasteiger charge is 2.39. The molecule has 2 saturated carbocycles. The maximum Gasteiger partial charge on any atom is 0.171 e. The molecule has 19 heavy (non-hydrogen) atoms. The van der Waals surface area contributed by atoms with E-state index < -0.39 is 5.82 Å². The van der Waals surface area contributed by atoms with Gasteiger partial charge in [-0.15, -0.1) is 0 Å². The Morgan fingerprint density at radius 3 is 2.79 bits per heavy atom. The van der Waals surface area contributed by atoms with Crippen LogP contribution in [0.4, 0.5) is 10.1 Å². The van der Waals surface area contributed by atoms with Crippen LogP contribution in [0.1, 0.15) is 25.7 Å². The third kappa shape index (κ3) is 2.84. The zero-order valence-electron chi connectivity index (χ0n) is 10.5. The third-order valence-electron chi connectivity index (χ3n) is 4.23. The van der Waals surface area contributed by atoms with E-state index in [4.69, 9.17) is 23.8 Å². The molecule has 2 aliphatic carbocycles. The van der Waals surface area contributed by atoms with Gasteiger partial charge in [-0.05, 0) is 61.5 Å². The van der Waals surface area contributed by atoms with Crippen molar-refractivity contribution in [2.24, 2.45) is 11.8 Å².